The standard InChI is InChI=1S/C14H24N2O/c1-14(2,3)17-9-8-16-7-6-12(11-16)10-15-13-4-5-13/h6-7,11,13,15H,4-5,8-10H2,1-3H3. The molecule has 0 radical (unpaired) electrons. The van der Waals surface area contributed by atoms with Gasteiger partial charge >= 0.3 is 0 Å². The van der Waals surface area contributed by atoms with Crippen LogP contribution >= 0.6 is 0 Å². The van der Waals surface area contributed by atoms with Crippen LogP contribution in [0.15, 0.2) is 18.5 Å². The lowest BCUT2D eigenvalue weighted by Crippen LogP contribution is -2.21. The molecule has 0 atom stereocenters. The molecule has 0 aliphatic heterocycles. The molecule has 1 heterocycles. The van der Waals surface area contributed by atoms with Crippen LogP contribution in [-0.2, 0) is 17.8 Å². The van der Waals surface area contributed by atoms with Crippen molar-refractivity contribution in [2.45, 2.75) is 58.3 Å². The second-order valence-corrected chi connectivity index (χ2v) is 5.87. The zero-order chi connectivity index (χ0) is 12.3. The monoisotopic (exact) mass is 236 g/mol. The van der Waals surface area contributed by atoms with Crippen LogP contribution in [0.4, 0.5) is 0 Å². The fourth-order valence-electron chi connectivity index (χ4n) is 1.74. The van der Waals surface area contributed by atoms with Crippen LogP contribution in [0.2, 0.25) is 0 Å². The minimum atomic E-state index is -0.0382. The molecule has 1 saturated carbocycles. The highest BCUT2D eigenvalue weighted by molar-refractivity contribution is 5.10. The van der Waals surface area contributed by atoms with Gasteiger partial charge in [-0.25, -0.2) is 0 Å². The zero-order valence-corrected chi connectivity index (χ0v) is 11.2. The summed E-state index contributed by atoms with van der Waals surface area (Å²) in [6.07, 6.45) is 7.04. The van der Waals surface area contributed by atoms with E-state index in [-0.39, 0.29) is 5.60 Å². The fourth-order valence-corrected chi connectivity index (χ4v) is 1.74. The molecule has 1 aliphatic carbocycles. The molecule has 1 fully saturated rings. The summed E-state index contributed by atoms with van der Waals surface area (Å²) in [4.78, 5) is 0. The lowest BCUT2D eigenvalue weighted by molar-refractivity contribution is -0.00679. The summed E-state index contributed by atoms with van der Waals surface area (Å²) in [6.45, 7) is 8.97. The average Bonchev–Trinajstić information content (AvgIpc) is 2.95. The Balaban J connectivity index is 1.69. The summed E-state index contributed by atoms with van der Waals surface area (Å²) in [5, 5.41) is 3.52. The molecule has 0 spiro atoms. The predicted molar refractivity (Wildman–Crippen MR) is 70.0 cm³/mol. The quantitative estimate of drug-likeness (QED) is 0.821. The summed E-state index contributed by atoms with van der Waals surface area (Å²) in [7, 11) is 0. The Bertz CT molecular complexity index is 347. The molecule has 0 aromatic carbocycles. The molecular weight excluding hydrogens is 212 g/mol. The minimum absolute atomic E-state index is 0.0382. The molecule has 0 bridgehead atoms. The van der Waals surface area contributed by atoms with Crippen LogP contribution in [-0.4, -0.2) is 22.8 Å². The number of hydrogen-bond acceptors (Lipinski definition) is 2. The molecule has 3 nitrogen and oxygen atoms in total. The van der Waals surface area contributed by atoms with Crippen molar-refractivity contribution in [3.8, 4) is 0 Å². The van der Waals surface area contributed by atoms with Gasteiger partial charge in [0.05, 0.1) is 12.2 Å². The summed E-state index contributed by atoms with van der Waals surface area (Å²) in [5.41, 5.74) is 1.33. The van der Waals surface area contributed by atoms with E-state index < -0.39 is 0 Å². The number of rotatable bonds is 6. The van der Waals surface area contributed by atoms with E-state index in [1.807, 2.05) is 0 Å². The Kier molecular flexibility index (Phi) is 3.89. The van der Waals surface area contributed by atoms with Gasteiger partial charge in [0.2, 0.25) is 0 Å². The molecule has 17 heavy (non-hydrogen) atoms. The van der Waals surface area contributed by atoms with Gasteiger partial charge in [0.1, 0.15) is 0 Å². The van der Waals surface area contributed by atoms with Crippen molar-refractivity contribution >= 4 is 0 Å². The Morgan fingerprint density at radius 3 is 2.82 bits per heavy atom. The van der Waals surface area contributed by atoms with Crippen LogP contribution in [0.1, 0.15) is 39.2 Å². The fraction of sp³-hybridized carbons (Fsp3) is 0.714. The highest BCUT2D eigenvalue weighted by atomic mass is 16.5. The number of aromatic nitrogens is 1. The van der Waals surface area contributed by atoms with Crippen molar-refractivity contribution in [2.75, 3.05) is 6.61 Å². The number of hydrogen-bond donors (Lipinski definition) is 1. The van der Waals surface area contributed by atoms with Gasteiger partial charge in [-0.2, -0.15) is 0 Å². The molecule has 0 unspecified atom stereocenters. The summed E-state index contributed by atoms with van der Waals surface area (Å²) in [5.74, 6) is 0. The predicted octanol–water partition coefficient (Wildman–Crippen LogP) is 2.56. The largest absolute Gasteiger partial charge is 0.374 e. The van der Waals surface area contributed by atoms with Crippen molar-refractivity contribution < 1.29 is 4.74 Å². The highest BCUT2D eigenvalue weighted by Gasteiger charge is 2.19. The van der Waals surface area contributed by atoms with E-state index >= 15 is 0 Å². The first-order valence-corrected chi connectivity index (χ1v) is 6.55. The first-order chi connectivity index (χ1) is 8.03. The smallest absolute Gasteiger partial charge is 0.0652 e. The van der Waals surface area contributed by atoms with Crippen LogP contribution < -0.4 is 5.32 Å². The maximum absolute atomic E-state index is 5.71. The van der Waals surface area contributed by atoms with Crippen molar-refractivity contribution in [1.82, 2.24) is 9.88 Å². The topological polar surface area (TPSA) is 26.2 Å². The van der Waals surface area contributed by atoms with Gasteiger partial charge in [-0.05, 0) is 45.2 Å². The van der Waals surface area contributed by atoms with Crippen molar-refractivity contribution in [3.05, 3.63) is 24.0 Å². The molecule has 3 heteroatoms. The minimum Gasteiger partial charge on any atom is -0.374 e. The van der Waals surface area contributed by atoms with Crippen LogP contribution in [0.3, 0.4) is 0 Å². The van der Waals surface area contributed by atoms with Gasteiger partial charge in [0, 0.05) is 31.5 Å². The molecule has 1 aliphatic rings. The molecular formula is C14H24N2O. The van der Waals surface area contributed by atoms with Crippen molar-refractivity contribution in [1.29, 1.82) is 0 Å². The molecule has 2 rings (SSSR count). The molecule has 0 saturated heterocycles. The first-order valence-electron chi connectivity index (χ1n) is 6.55. The van der Waals surface area contributed by atoms with E-state index in [0.29, 0.717) is 0 Å². The maximum atomic E-state index is 5.71. The Hall–Kier alpha value is -0.800. The van der Waals surface area contributed by atoms with E-state index in [9.17, 15) is 0 Å². The highest BCUT2D eigenvalue weighted by Crippen LogP contribution is 2.19. The average molecular weight is 236 g/mol. The van der Waals surface area contributed by atoms with E-state index in [4.69, 9.17) is 4.74 Å². The van der Waals surface area contributed by atoms with E-state index in [0.717, 1.165) is 25.7 Å². The molecule has 1 aromatic rings. The molecule has 96 valence electrons. The Morgan fingerprint density at radius 1 is 1.41 bits per heavy atom. The molecule has 1 aromatic heterocycles. The van der Waals surface area contributed by atoms with Crippen molar-refractivity contribution in [2.24, 2.45) is 0 Å². The summed E-state index contributed by atoms with van der Waals surface area (Å²) < 4.78 is 7.92. The van der Waals surface area contributed by atoms with E-state index in [1.54, 1.807) is 0 Å². The third kappa shape index (κ3) is 4.92. The Labute approximate surface area is 104 Å². The van der Waals surface area contributed by atoms with Crippen LogP contribution in [0.25, 0.3) is 0 Å². The second-order valence-electron chi connectivity index (χ2n) is 5.87. The normalized spacial score (nSPS) is 16.4. The lowest BCUT2D eigenvalue weighted by Gasteiger charge is -2.19. The van der Waals surface area contributed by atoms with Gasteiger partial charge in [0.25, 0.3) is 0 Å². The SMILES string of the molecule is CC(C)(C)OCCn1ccc(CNC2CC2)c1. The second kappa shape index (κ2) is 5.23. The third-order valence-corrected chi connectivity index (χ3v) is 2.87. The number of nitrogens with one attached hydrogen (secondary N) is 1. The first kappa shape index (κ1) is 12.7. The van der Waals surface area contributed by atoms with Crippen LogP contribution in [0, 0.1) is 0 Å². The third-order valence-electron chi connectivity index (χ3n) is 2.87. The van der Waals surface area contributed by atoms with Gasteiger partial charge < -0.3 is 14.6 Å². The molecule has 0 amide bonds. The summed E-state index contributed by atoms with van der Waals surface area (Å²) >= 11 is 0. The van der Waals surface area contributed by atoms with Gasteiger partial charge in [-0.1, -0.05) is 0 Å². The van der Waals surface area contributed by atoms with Gasteiger partial charge in [0.15, 0.2) is 0 Å². The lowest BCUT2D eigenvalue weighted by atomic mass is 10.2. The van der Waals surface area contributed by atoms with Gasteiger partial charge in [-0.3, -0.25) is 0 Å². The zero-order valence-electron chi connectivity index (χ0n) is 11.2. The molecule has 1 N–H and O–H groups in total. The van der Waals surface area contributed by atoms with E-state index in [1.165, 1.54) is 18.4 Å². The number of nitrogens with zero attached hydrogens (tertiary/aromatic N) is 1. The van der Waals surface area contributed by atoms with Crippen LogP contribution in [0.5, 0.6) is 0 Å². The van der Waals surface area contributed by atoms with Gasteiger partial charge in [-0.15, -0.1) is 0 Å². The maximum Gasteiger partial charge on any atom is 0.0652 e. The van der Waals surface area contributed by atoms with Crippen molar-refractivity contribution in [3.63, 3.8) is 0 Å². The van der Waals surface area contributed by atoms with E-state index in [2.05, 4.69) is 49.1 Å². The number of ether oxygens (including phenoxy) is 1. The summed E-state index contributed by atoms with van der Waals surface area (Å²) in [6, 6.07) is 2.97. The Morgan fingerprint density at radius 2 is 2.18 bits per heavy atom.